The van der Waals surface area contributed by atoms with Crippen LogP contribution in [0.2, 0.25) is 0 Å². The van der Waals surface area contributed by atoms with Crippen LogP contribution in [0.4, 0.5) is 0 Å². The Morgan fingerprint density at radius 3 is 2.33 bits per heavy atom. The van der Waals surface area contributed by atoms with E-state index < -0.39 is 0 Å². The first-order valence-electron chi connectivity index (χ1n) is 7.13. The average Bonchev–Trinajstić information content (AvgIpc) is 2.25. The standard InChI is InChI=1S/C15H28N2O/c1-11(2)10-14(18)17-16-13-8-6-12(7-9-13)15(3,4)5/h11-12H,6-10H2,1-5H3,(H,17,18). The van der Waals surface area contributed by atoms with E-state index in [0.717, 1.165) is 24.5 Å². The molecule has 1 aliphatic rings. The third kappa shape index (κ3) is 5.19. The fourth-order valence-corrected chi connectivity index (χ4v) is 2.49. The van der Waals surface area contributed by atoms with Gasteiger partial charge in [0.25, 0.3) is 0 Å². The van der Waals surface area contributed by atoms with Gasteiger partial charge in [-0.25, -0.2) is 5.43 Å². The fourth-order valence-electron chi connectivity index (χ4n) is 2.49. The number of carbonyl (C=O) groups is 1. The summed E-state index contributed by atoms with van der Waals surface area (Å²) in [4.78, 5) is 11.5. The van der Waals surface area contributed by atoms with Gasteiger partial charge < -0.3 is 0 Å². The third-order valence-corrected chi connectivity index (χ3v) is 3.72. The number of hydrogen-bond acceptors (Lipinski definition) is 2. The first kappa shape index (κ1) is 15.2. The molecule has 1 fully saturated rings. The number of nitrogens with one attached hydrogen (secondary N) is 1. The van der Waals surface area contributed by atoms with Crippen molar-refractivity contribution in [3.05, 3.63) is 0 Å². The van der Waals surface area contributed by atoms with Gasteiger partial charge in [-0.05, 0) is 42.9 Å². The molecule has 104 valence electrons. The van der Waals surface area contributed by atoms with E-state index >= 15 is 0 Å². The molecule has 0 unspecified atom stereocenters. The van der Waals surface area contributed by atoms with Crippen molar-refractivity contribution in [3.8, 4) is 0 Å². The molecule has 0 heterocycles. The second kappa shape index (κ2) is 6.35. The summed E-state index contributed by atoms with van der Waals surface area (Å²) in [5, 5.41) is 4.27. The summed E-state index contributed by atoms with van der Waals surface area (Å²) >= 11 is 0. The van der Waals surface area contributed by atoms with Crippen LogP contribution in [0.3, 0.4) is 0 Å². The van der Waals surface area contributed by atoms with Crippen LogP contribution >= 0.6 is 0 Å². The zero-order valence-electron chi connectivity index (χ0n) is 12.5. The summed E-state index contributed by atoms with van der Waals surface area (Å²) in [6, 6.07) is 0. The van der Waals surface area contributed by atoms with Gasteiger partial charge in [0.05, 0.1) is 0 Å². The van der Waals surface area contributed by atoms with Crippen molar-refractivity contribution in [1.29, 1.82) is 0 Å². The second-order valence-corrected chi connectivity index (χ2v) is 6.95. The summed E-state index contributed by atoms with van der Waals surface area (Å²) in [7, 11) is 0. The Labute approximate surface area is 111 Å². The van der Waals surface area contributed by atoms with E-state index in [1.807, 2.05) is 13.8 Å². The van der Waals surface area contributed by atoms with E-state index in [0.29, 0.717) is 17.8 Å². The Bertz CT molecular complexity index is 303. The summed E-state index contributed by atoms with van der Waals surface area (Å²) in [6.45, 7) is 11.0. The topological polar surface area (TPSA) is 41.5 Å². The monoisotopic (exact) mass is 252 g/mol. The Morgan fingerprint density at radius 2 is 1.89 bits per heavy atom. The lowest BCUT2D eigenvalue weighted by molar-refractivity contribution is -0.121. The molecular formula is C15H28N2O. The maximum absolute atomic E-state index is 11.5. The van der Waals surface area contributed by atoms with Crippen LogP contribution in [0.15, 0.2) is 5.10 Å². The van der Waals surface area contributed by atoms with E-state index in [2.05, 4.69) is 31.3 Å². The highest BCUT2D eigenvalue weighted by atomic mass is 16.2. The third-order valence-electron chi connectivity index (χ3n) is 3.72. The van der Waals surface area contributed by atoms with Gasteiger partial charge in [0, 0.05) is 12.1 Å². The SMILES string of the molecule is CC(C)CC(=O)NN=C1CCC(C(C)(C)C)CC1. The lowest BCUT2D eigenvalue weighted by Gasteiger charge is -2.34. The smallest absolute Gasteiger partial charge is 0.240 e. The van der Waals surface area contributed by atoms with Crippen LogP contribution in [-0.2, 0) is 4.79 Å². The van der Waals surface area contributed by atoms with Gasteiger partial charge >= 0.3 is 0 Å². The van der Waals surface area contributed by atoms with Crippen molar-refractivity contribution in [2.75, 3.05) is 0 Å². The minimum absolute atomic E-state index is 0.0374. The molecule has 1 aliphatic carbocycles. The van der Waals surface area contributed by atoms with Crippen LogP contribution in [0, 0.1) is 17.3 Å². The molecule has 0 aromatic rings. The molecule has 0 saturated heterocycles. The molecule has 0 bridgehead atoms. The second-order valence-electron chi connectivity index (χ2n) is 6.95. The molecule has 0 spiro atoms. The minimum Gasteiger partial charge on any atom is -0.273 e. The predicted octanol–water partition coefficient (Wildman–Crippen LogP) is 3.74. The molecule has 18 heavy (non-hydrogen) atoms. The fraction of sp³-hybridized carbons (Fsp3) is 0.867. The highest BCUT2D eigenvalue weighted by Gasteiger charge is 2.28. The molecule has 0 radical (unpaired) electrons. The molecule has 1 saturated carbocycles. The zero-order valence-corrected chi connectivity index (χ0v) is 12.5. The highest BCUT2D eigenvalue weighted by Crippen LogP contribution is 2.36. The minimum atomic E-state index is 0.0374. The van der Waals surface area contributed by atoms with Gasteiger partial charge in [-0.15, -0.1) is 0 Å². The molecule has 3 nitrogen and oxygen atoms in total. The quantitative estimate of drug-likeness (QED) is 0.764. The number of hydrogen-bond donors (Lipinski definition) is 1. The molecule has 0 aliphatic heterocycles. The van der Waals surface area contributed by atoms with E-state index in [-0.39, 0.29) is 5.91 Å². The first-order valence-corrected chi connectivity index (χ1v) is 7.13. The molecule has 1 N–H and O–H groups in total. The van der Waals surface area contributed by atoms with Crippen LogP contribution in [0.5, 0.6) is 0 Å². The predicted molar refractivity (Wildman–Crippen MR) is 76.4 cm³/mol. The van der Waals surface area contributed by atoms with Crippen LogP contribution in [0.25, 0.3) is 0 Å². The number of amides is 1. The summed E-state index contributed by atoms with van der Waals surface area (Å²) in [5.74, 6) is 1.21. The van der Waals surface area contributed by atoms with Gasteiger partial charge in [0.2, 0.25) is 5.91 Å². The van der Waals surface area contributed by atoms with Crippen molar-refractivity contribution in [2.45, 2.75) is 66.7 Å². The average molecular weight is 252 g/mol. The number of hydrazone groups is 1. The summed E-state index contributed by atoms with van der Waals surface area (Å²) in [6.07, 6.45) is 5.01. The molecule has 1 amide bonds. The zero-order chi connectivity index (χ0) is 13.8. The van der Waals surface area contributed by atoms with Crippen molar-refractivity contribution in [3.63, 3.8) is 0 Å². The molecule has 1 rings (SSSR count). The number of carbonyl (C=O) groups excluding carboxylic acids is 1. The van der Waals surface area contributed by atoms with E-state index in [4.69, 9.17) is 0 Å². The van der Waals surface area contributed by atoms with Gasteiger partial charge in [-0.1, -0.05) is 34.6 Å². The van der Waals surface area contributed by atoms with Crippen molar-refractivity contribution in [2.24, 2.45) is 22.4 Å². The van der Waals surface area contributed by atoms with E-state index in [9.17, 15) is 4.79 Å². The van der Waals surface area contributed by atoms with E-state index in [1.54, 1.807) is 0 Å². The lowest BCUT2D eigenvalue weighted by atomic mass is 9.72. The van der Waals surface area contributed by atoms with Crippen LogP contribution in [-0.4, -0.2) is 11.6 Å². The maximum Gasteiger partial charge on any atom is 0.240 e. The van der Waals surface area contributed by atoms with Crippen LogP contribution in [0.1, 0.15) is 66.7 Å². The van der Waals surface area contributed by atoms with Crippen molar-refractivity contribution in [1.82, 2.24) is 5.43 Å². The molecule has 3 heteroatoms. The van der Waals surface area contributed by atoms with Gasteiger partial charge in [-0.3, -0.25) is 4.79 Å². The Balaban J connectivity index is 2.36. The van der Waals surface area contributed by atoms with Crippen molar-refractivity contribution >= 4 is 11.6 Å². The Hall–Kier alpha value is -0.860. The molecular weight excluding hydrogens is 224 g/mol. The van der Waals surface area contributed by atoms with Crippen molar-refractivity contribution < 1.29 is 4.79 Å². The number of rotatable bonds is 3. The summed E-state index contributed by atoms with van der Waals surface area (Å²) < 4.78 is 0. The number of nitrogens with zero attached hydrogens (tertiary/aromatic N) is 1. The normalized spacial score (nSPS) is 21.0. The highest BCUT2D eigenvalue weighted by molar-refractivity contribution is 5.86. The largest absolute Gasteiger partial charge is 0.273 e. The Morgan fingerprint density at radius 1 is 1.33 bits per heavy atom. The molecule has 0 aromatic heterocycles. The lowest BCUT2D eigenvalue weighted by Crippen LogP contribution is -2.28. The Kier molecular flexibility index (Phi) is 5.36. The van der Waals surface area contributed by atoms with Crippen LogP contribution < -0.4 is 5.43 Å². The van der Waals surface area contributed by atoms with Gasteiger partial charge in [0.15, 0.2) is 0 Å². The summed E-state index contributed by atoms with van der Waals surface area (Å²) in [5.41, 5.74) is 4.24. The molecule has 0 aromatic carbocycles. The van der Waals surface area contributed by atoms with Gasteiger partial charge in [-0.2, -0.15) is 5.10 Å². The maximum atomic E-state index is 11.5. The molecule has 0 atom stereocenters. The van der Waals surface area contributed by atoms with Gasteiger partial charge in [0.1, 0.15) is 0 Å². The first-order chi connectivity index (χ1) is 8.29. The van der Waals surface area contributed by atoms with E-state index in [1.165, 1.54) is 12.8 Å².